The van der Waals surface area contributed by atoms with Gasteiger partial charge < -0.3 is 16.2 Å². The van der Waals surface area contributed by atoms with E-state index in [2.05, 4.69) is 5.32 Å². The Hall–Kier alpha value is -1.69. The van der Waals surface area contributed by atoms with Gasteiger partial charge in [0.15, 0.2) is 5.82 Å². The SMILES string of the molecule is CC(C)(CO)CNC(=O)c1c(F)ccc(N)c1F. The van der Waals surface area contributed by atoms with Crippen molar-refractivity contribution in [3.63, 3.8) is 0 Å². The van der Waals surface area contributed by atoms with Crippen LogP contribution in [-0.4, -0.2) is 24.2 Å². The van der Waals surface area contributed by atoms with Crippen molar-refractivity contribution in [3.8, 4) is 0 Å². The summed E-state index contributed by atoms with van der Waals surface area (Å²) in [6.07, 6.45) is 0. The zero-order valence-corrected chi connectivity index (χ0v) is 10.3. The average molecular weight is 258 g/mol. The molecule has 4 nitrogen and oxygen atoms in total. The molecule has 18 heavy (non-hydrogen) atoms. The van der Waals surface area contributed by atoms with Crippen molar-refractivity contribution < 1.29 is 18.7 Å². The second-order valence-electron chi connectivity index (χ2n) is 4.83. The Morgan fingerprint density at radius 1 is 1.44 bits per heavy atom. The van der Waals surface area contributed by atoms with Crippen LogP contribution in [-0.2, 0) is 0 Å². The Labute approximate surface area is 104 Å². The maximum atomic E-state index is 13.5. The maximum Gasteiger partial charge on any atom is 0.257 e. The smallest absolute Gasteiger partial charge is 0.257 e. The van der Waals surface area contributed by atoms with Gasteiger partial charge in [0.1, 0.15) is 11.4 Å². The fourth-order valence-corrected chi connectivity index (χ4v) is 1.24. The number of hydrogen-bond donors (Lipinski definition) is 3. The number of aliphatic hydroxyl groups is 1. The third-order valence-corrected chi connectivity index (χ3v) is 2.50. The van der Waals surface area contributed by atoms with E-state index in [0.717, 1.165) is 12.1 Å². The summed E-state index contributed by atoms with van der Waals surface area (Å²) in [5.74, 6) is -2.94. The number of halogens is 2. The lowest BCUT2D eigenvalue weighted by Crippen LogP contribution is -2.36. The van der Waals surface area contributed by atoms with Crippen LogP contribution >= 0.6 is 0 Å². The van der Waals surface area contributed by atoms with Crippen LogP contribution in [0.5, 0.6) is 0 Å². The lowest BCUT2D eigenvalue weighted by Gasteiger charge is -2.22. The largest absolute Gasteiger partial charge is 0.396 e. The van der Waals surface area contributed by atoms with Crippen molar-refractivity contribution in [1.29, 1.82) is 0 Å². The molecule has 0 heterocycles. The second kappa shape index (κ2) is 5.30. The Bertz CT molecular complexity index is 462. The average Bonchev–Trinajstić information content (AvgIpc) is 2.32. The molecule has 0 fully saturated rings. The highest BCUT2D eigenvalue weighted by atomic mass is 19.1. The Morgan fingerprint density at radius 2 is 2.06 bits per heavy atom. The standard InChI is InChI=1S/C12H16F2N2O2/c1-12(2,6-17)5-16-11(18)9-7(13)3-4-8(15)10(9)14/h3-4,17H,5-6,15H2,1-2H3,(H,16,18). The van der Waals surface area contributed by atoms with Gasteiger partial charge in [-0.1, -0.05) is 13.8 Å². The summed E-state index contributed by atoms with van der Waals surface area (Å²) < 4.78 is 26.9. The normalized spacial score (nSPS) is 11.4. The number of hydrogen-bond acceptors (Lipinski definition) is 3. The zero-order chi connectivity index (χ0) is 13.9. The molecular formula is C12H16F2N2O2. The fraction of sp³-hybridized carbons (Fsp3) is 0.417. The highest BCUT2D eigenvalue weighted by molar-refractivity contribution is 5.95. The first-order chi connectivity index (χ1) is 8.28. The van der Waals surface area contributed by atoms with Gasteiger partial charge in [0, 0.05) is 18.6 Å². The molecule has 0 saturated carbocycles. The van der Waals surface area contributed by atoms with Crippen molar-refractivity contribution in [2.75, 3.05) is 18.9 Å². The summed E-state index contributed by atoms with van der Waals surface area (Å²) in [6, 6.07) is 1.99. The van der Waals surface area contributed by atoms with Crippen molar-refractivity contribution in [3.05, 3.63) is 29.3 Å². The Kier molecular flexibility index (Phi) is 4.24. The van der Waals surface area contributed by atoms with Gasteiger partial charge in [-0.2, -0.15) is 0 Å². The van der Waals surface area contributed by atoms with Crippen LogP contribution in [0.25, 0.3) is 0 Å². The Balaban J connectivity index is 2.89. The molecule has 0 aliphatic rings. The summed E-state index contributed by atoms with van der Waals surface area (Å²) in [4.78, 5) is 11.7. The van der Waals surface area contributed by atoms with E-state index in [1.807, 2.05) is 0 Å². The second-order valence-corrected chi connectivity index (χ2v) is 4.83. The summed E-state index contributed by atoms with van der Waals surface area (Å²) in [7, 11) is 0. The lowest BCUT2D eigenvalue weighted by molar-refractivity contribution is 0.0903. The summed E-state index contributed by atoms with van der Waals surface area (Å²) in [5.41, 5.74) is 3.71. The van der Waals surface area contributed by atoms with Crippen molar-refractivity contribution >= 4 is 11.6 Å². The molecule has 0 unspecified atom stereocenters. The highest BCUT2D eigenvalue weighted by Gasteiger charge is 2.22. The molecule has 0 bridgehead atoms. The van der Waals surface area contributed by atoms with Gasteiger partial charge >= 0.3 is 0 Å². The predicted molar refractivity (Wildman–Crippen MR) is 64.0 cm³/mol. The summed E-state index contributed by atoms with van der Waals surface area (Å²) in [5, 5.41) is 11.4. The van der Waals surface area contributed by atoms with E-state index in [0.29, 0.717) is 0 Å². The number of anilines is 1. The number of nitrogens with two attached hydrogens (primary N) is 1. The molecule has 100 valence electrons. The van der Waals surface area contributed by atoms with Gasteiger partial charge in [-0.05, 0) is 12.1 Å². The molecule has 0 radical (unpaired) electrons. The topological polar surface area (TPSA) is 75.3 Å². The summed E-state index contributed by atoms with van der Waals surface area (Å²) in [6.45, 7) is 3.35. The summed E-state index contributed by atoms with van der Waals surface area (Å²) >= 11 is 0. The number of carbonyl (C=O) groups excluding carboxylic acids is 1. The van der Waals surface area contributed by atoms with Gasteiger partial charge in [-0.15, -0.1) is 0 Å². The van der Waals surface area contributed by atoms with E-state index >= 15 is 0 Å². The molecule has 0 atom stereocenters. The van der Waals surface area contributed by atoms with Crippen LogP contribution in [0.3, 0.4) is 0 Å². The number of benzene rings is 1. The van der Waals surface area contributed by atoms with Crippen LogP contribution in [0.1, 0.15) is 24.2 Å². The van der Waals surface area contributed by atoms with Gasteiger partial charge in [0.2, 0.25) is 0 Å². The van der Waals surface area contributed by atoms with Crippen molar-refractivity contribution in [2.45, 2.75) is 13.8 Å². The van der Waals surface area contributed by atoms with E-state index < -0.39 is 28.5 Å². The first-order valence-corrected chi connectivity index (χ1v) is 5.41. The number of nitrogens with one attached hydrogen (secondary N) is 1. The molecule has 1 amide bonds. The number of nitrogen functional groups attached to an aromatic ring is 1. The fourth-order valence-electron chi connectivity index (χ4n) is 1.24. The lowest BCUT2D eigenvalue weighted by atomic mass is 9.95. The van der Waals surface area contributed by atoms with Crippen LogP contribution in [0, 0.1) is 17.0 Å². The first kappa shape index (κ1) is 14.4. The van der Waals surface area contributed by atoms with E-state index in [1.54, 1.807) is 13.8 Å². The highest BCUT2D eigenvalue weighted by Crippen LogP contribution is 2.19. The zero-order valence-electron chi connectivity index (χ0n) is 10.3. The van der Waals surface area contributed by atoms with Crippen LogP contribution in [0.2, 0.25) is 0 Å². The van der Waals surface area contributed by atoms with Crippen LogP contribution in [0.4, 0.5) is 14.5 Å². The number of rotatable bonds is 4. The van der Waals surface area contributed by atoms with E-state index in [-0.39, 0.29) is 18.8 Å². The van der Waals surface area contributed by atoms with Gasteiger partial charge in [0.25, 0.3) is 5.91 Å². The van der Waals surface area contributed by atoms with E-state index in [4.69, 9.17) is 10.8 Å². The minimum atomic E-state index is -1.07. The molecular weight excluding hydrogens is 242 g/mol. The van der Waals surface area contributed by atoms with Crippen LogP contribution in [0.15, 0.2) is 12.1 Å². The minimum Gasteiger partial charge on any atom is -0.396 e. The maximum absolute atomic E-state index is 13.5. The third kappa shape index (κ3) is 3.16. The van der Waals surface area contributed by atoms with Crippen molar-refractivity contribution in [2.24, 2.45) is 5.41 Å². The molecule has 0 aromatic heterocycles. The van der Waals surface area contributed by atoms with Gasteiger partial charge in [0.05, 0.1) is 5.69 Å². The molecule has 0 spiro atoms. The van der Waals surface area contributed by atoms with Crippen molar-refractivity contribution in [1.82, 2.24) is 5.32 Å². The molecule has 0 aliphatic heterocycles. The first-order valence-electron chi connectivity index (χ1n) is 5.41. The predicted octanol–water partition coefficient (Wildman–Crippen LogP) is 1.30. The van der Waals surface area contributed by atoms with E-state index in [9.17, 15) is 13.6 Å². The number of aliphatic hydroxyl groups excluding tert-OH is 1. The Morgan fingerprint density at radius 3 is 2.61 bits per heavy atom. The molecule has 0 saturated heterocycles. The molecule has 0 aliphatic carbocycles. The van der Waals surface area contributed by atoms with Crippen LogP contribution < -0.4 is 11.1 Å². The molecule has 1 rings (SSSR count). The van der Waals surface area contributed by atoms with E-state index in [1.165, 1.54) is 0 Å². The quantitative estimate of drug-likeness (QED) is 0.712. The monoisotopic (exact) mass is 258 g/mol. The minimum absolute atomic E-state index is 0.0933. The molecule has 1 aromatic rings. The number of carbonyl (C=O) groups is 1. The third-order valence-electron chi connectivity index (χ3n) is 2.50. The molecule has 4 N–H and O–H groups in total. The molecule has 6 heteroatoms. The van der Waals surface area contributed by atoms with Gasteiger partial charge in [-0.25, -0.2) is 8.78 Å². The van der Waals surface area contributed by atoms with Gasteiger partial charge in [-0.3, -0.25) is 4.79 Å². The molecule has 1 aromatic carbocycles. The number of amides is 1.